The third kappa shape index (κ3) is 4.93. The second-order valence-corrected chi connectivity index (χ2v) is 6.82. The quantitative estimate of drug-likeness (QED) is 0.820. The summed E-state index contributed by atoms with van der Waals surface area (Å²) in [6.07, 6.45) is 4.02. The van der Waals surface area contributed by atoms with Crippen LogP contribution in [0.5, 0.6) is 0 Å². The lowest BCUT2D eigenvalue weighted by atomic mass is 9.98. The van der Waals surface area contributed by atoms with E-state index < -0.39 is 5.60 Å². The van der Waals surface area contributed by atoms with Gasteiger partial charge in [0, 0.05) is 18.8 Å². The van der Waals surface area contributed by atoms with E-state index in [0.717, 1.165) is 24.1 Å². The van der Waals surface area contributed by atoms with Gasteiger partial charge in [0.05, 0.1) is 17.3 Å². The smallest absolute Gasteiger partial charge is 0.251 e. The molecule has 0 aliphatic carbocycles. The fraction of sp³-hybridized carbons (Fsp3) is 0.474. The monoisotopic (exact) mass is 329 g/mol. The first-order chi connectivity index (χ1) is 11.3. The molecular weight excluding hydrogens is 302 g/mol. The summed E-state index contributed by atoms with van der Waals surface area (Å²) >= 11 is 0. The highest BCUT2D eigenvalue weighted by Gasteiger charge is 2.17. The Labute approximate surface area is 143 Å². The van der Waals surface area contributed by atoms with Gasteiger partial charge < -0.3 is 10.4 Å². The van der Waals surface area contributed by atoms with Gasteiger partial charge in [-0.25, -0.2) is 0 Å². The van der Waals surface area contributed by atoms with E-state index in [-0.39, 0.29) is 11.9 Å². The number of carbonyl (C=O) groups is 1. The van der Waals surface area contributed by atoms with Gasteiger partial charge in [-0.2, -0.15) is 5.10 Å². The fourth-order valence-electron chi connectivity index (χ4n) is 2.63. The van der Waals surface area contributed by atoms with Gasteiger partial charge in [-0.15, -0.1) is 0 Å². The zero-order valence-electron chi connectivity index (χ0n) is 14.9. The Balaban J connectivity index is 2.00. The van der Waals surface area contributed by atoms with Gasteiger partial charge in [-0.05, 0) is 56.9 Å². The number of nitrogens with zero attached hydrogens (tertiary/aromatic N) is 2. The average Bonchev–Trinajstić information content (AvgIpc) is 2.96. The highest BCUT2D eigenvalue weighted by Crippen LogP contribution is 2.17. The molecule has 1 amide bonds. The van der Waals surface area contributed by atoms with Crippen LogP contribution in [0.4, 0.5) is 0 Å². The van der Waals surface area contributed by atoms with Crippen LogP contribution in [0, 0.1) is 0 Å². The fourth-order valence-corrected chi connectivity index (χ4v) is 2.63. The van der Waals surface area contributed by atoms with Gasteiger partial charge in [0.15, 0.2) is 0 Å². The molecule has 0 aliphatic heterocycles. The Morgan fingerprint density at radius 3 is 2.46 bits per heavy atom. The Morgan fingerprint density at radius 1 is 1.29 bits per heavy atom. The summed E-state index contributed by atoms with van der Waals surface area (Å²) in [4.78, 5) is 12.5. The standard InChI is InChI=1S/C19H27N3O2/c1-5-16(17-11-13-20-22(17)4)21-18(23)15-8-6-14(7-9-15)10-12-19(2,3)24/h6-9,11,13,16,24H,5,10,12H2,1-4H3,(H,21,23)/t16-/m1/s1. The summed E-state index contributed by atoms with van der Waals surface area (Å²) in [6.45, 7) is 5.65. The summed E-state index contributed by atoms with van der Waals surface area (Å²) in [6, 6.07) is 9.45. The van der Waals surface area contributed by atoms with E-state index >= 15 is 0 Å². The van der Waals surface area contributed by atoms with Gasteiger partial charge in [-0.1, -0.05) is 19.1 Å². The maximum atomic E-state index is 12.5. The minimum atomic E-state index is -0.673. The van der Waals surface area contributed by atoms with Gasteiger partial charge >= 0.3 is 0 Å². The number of nitrogens with one attached hydrogen (secondary N) is 1. The molecule has 130 valence electrons. The zero-order chi connectivity index (χ0) is 17.7. The van der Waals surface area contributed by atoms with E-state index in [1.807, 2.05) is 44.3 Å². The largest absolute Gasteiger partial charge is 0.390 e. The molecule has 2 aromatic rings. The molecule has 2 N–H and O–H groups in total. The zero-order valence-corrected chi connectivity index (χ0v) is 14.9. The van der Waals surface area contributed by atoms with Crippen molar-refractivity contribution in [2.75, 3.05) is 0 Å². The molecule has 5 nitrogen and oxygen atoms in total. The van der Waals surface area contributed by atoms with Gasteiger partial charge in [0.2, 0.25) is 0 Å². The second kappa shape index (κ2) is 7.62. The first kappa shape index (κ1) is 18.2. The van der Waals surface area contributed by atoms with Gasteiger partial charge in [0.1, 0.15) is 0 Å². The summed E-state index contributed by atoms with van der Waals surface area (Å²) < 4.78 is 1.79. The van der Waals surface area contributed by atoms with E-state index in [2.05, 4.69) is 10.4 Å². The van der Waals surface area contributed by atoms with Crippen molar-refractivity contribution in [2.45, 2.75) is 51.7 Å². The van der Waals surface area contributed by atoms with Crippen LogP contribution in [0.2, 0.25) is 0 Å². The molecule has 0 fully saturated rings. The third-order valence-electron chi connectivity index (χ3n) is 4.17. The molecular formula is C19H27N3O2. The van der Waals surface area contributed by atoms with Crippen molar-refractivity contribution >= 4 is 5.91 Å². The lowest BCUT2D eigenvalue weighted by Crippen LogP contribution is -2.29. The molecule has 5 heteroatoms. The van der Waals surface area contributed by atoms with Crippen molar-refractivity contribution in [1.82, 2.24) is 15.1 Å². The lowest BCUT2D eigenvalue weighted by molar-refractivity contribution is 0.0713. The molecule has 1 aromatic heterocycles. The molecule has 2 rings (SSSR count). The topological polar surface area (TPSA) is 67.2 Å². The van der Waals surface area contributed by atoms with Crippen molar-refractivity contribution in [1.29, 1.82) is 0 Å². The molecule has 24 heavy (non-hydrogen) atoms. The number of hydrogen-bond donors (Lipinski definition) is 2. The molecule has 0 unspecified atom stereocenters. The number of amides is 1. The van der Waals surface area contributed by atoms with Crippen molar-refractivity contribution in [3.05, 3.63) is 53.3 Å². The molecule has 0 saturated heterocycles. The summed E-state index contributed by atoms with van der Waals surface area (Å²) in [5, 5.41) is 17.0. The molecule has 1 heterocycles. The van der Waals surface area contributed by atoms with Crippen LogP contribution in [-0.2, 0) is 13.5 Å². The van der Waals surface area contributed by atoms with Crippen LogP contribution in [0.15, 0.2) is 36.5 Å². The Kier molecular flexibility index (Phi) is 5.78. The Bertz CT molecular complexity index is 669. The highest BCUT2D eigenvalue weighted by molar-refractivity contribution is 5.94. The average molecular weight is 329 g/mol. The predicted molar refractivity (Wildman–Crippen MR) is 94.8 cm³/mol. The molecule has 0 aliphatic rings. The number of rotatable bonds is 7. The number of benzene rings is 1. The number of carbonyl (C=O) groups excluding carboxylic acids is 1. The minimum absolute atomic E-state index is 0.0557. The Hall–Kier alpha value is -2.14. The highest BCUT2D eigenvalue weighted by atomic mass is 16.3. The van der Waals surface area contributed by atoms with Crippen LogP contribution in [0.1, 0.15) is 61.3 Å². The van der Waals surface area contributed by atoms with E-state index in [0.29, 0.717) is 12.0 Å². The molecule has 0 radical (unpaired) electrons. The maximum absolute atomic E-state index is 12.5. The minimum Gasteiger partial charge on any atom is -0.390 e. The predicted octanol–water partition coefficient (Wildman–Crippen LogP) is 3.00. The van der Waals surface area contributed by atoms with E-state index in [1.165, 1.54) is 0 Å². The summed E-state index contributed by atoms with van der Waals surface area (Å²) in [5.74, 6) is -0.0860. The van der Waals surface area contributed by atoms with Crippen LogP contribution in [-0.4, -0.2) is 26.4 Å². The first-order valence-electron chi connectivity index (χ1n) is 8.40. The lowest BCUT2D eigenvalue weighted by Gasteiger charge is -2.18. The molecule has 0 saturated carbocycles. The van der Waals surface area contributed by atoms with E-state index in [1.54, 1.807) is 24.7 Å². The van der Waals surface area contributed by atoms with Crippen molar-refractivity contribution in [3.63, 3.8) is 0 Å². The molecule has 0 bridgehead atoms. The number of hydrogen-bond acceptors (Lipinski definition) is 3. The number of aryl methyl sites for hydroxylation is 2. The van der Waals surface area contributed by atoms with Crippen LogP contribution in [0.25, 0.3) is 0 Å². The molecule has 0 spiro atoms. The van der Waals surface area contributed by atoms with Crippen molar-refractivity contribution < 1.29 is 9.90 Å². The Morgan fingerprint density at radius 2 is 1.96 bits per heavy atom. The van der Waals surface area contributed by atoms with Crippen molar-refractivity contribution in [3.8, 4) is 0 Å². The normalized spacial score (nSPS) is 12.9. The van der Waals surface area contributed by atoms with Crippen LogP contribution < -0.4 is 5.32 Å². The van der Waals surface area contributed by atoms with E-state index in [4.69, 9.17) is 0 Å². The molecule has 1 aromatic carbocycles. The van der Waals surface area contributed by atoms with Crippen LogP contribution in [0.3, 0.4) is 0 Å². The van der Waals surface area contributed by atoms with Crippen molar-refractivity contribution in [2.24, 2.45) is 7.05 Å². The third-order valence-corrected chi connectivity index (χ3v) is 4.17. The number of aliphatic hydroxyl groups is 1. The SMILES string of the molecule is CC[C@@H](NC(=O)c1ccc(CCC(C)(C)O)cc1)c1ccnn1C. The summed E-state index contributed by atoms with van der Waals surface area (Å²) in [5.41, 5.74) is 2.08. The summed E-state index contributed by atoms with van der Waals surface area (Å²) in [7, 11) is 1.88. The maximum Gasteiger partial charge on any atom is 0.251 e. The first-order valence-corrected chi connectivity index (χ1v) is 8.40. The number of aromatic nitrogens is 2. The van der Waals surface area contributed by atoms with Gasteiger partial charge in [-0.3, -0.25) is 9.48 Å². The van der Waals surface area contributed by atoms with E-state index in [9.17, 15) is 9.90 Å². The van der Waals surface area contributed by atoms with Crippen LogP contribution >= 0.6 is 0 Å². The molecule has 1 atom stereocenters. The van der Waals surface area contributed by atoms with Gasteiger partial charge in [0.25, 0.3) is 5.91 Å². The second-order valence-electron chi connectivity index (χ2n) is 6.82.